The van der Waals surface area contributed by atoms with Gasteiger partial charge >= 0.3 is 0 Å². The van der Waals surface area contributed by atoms with E-state index in [1.807, 2.05) is 0 Å². The fraction of sp³-hybridized carbons (Fsp3) is 0.500. The van der Waals surface area contributed by atoms with E-state index in [9.17, 15) is 0 Å². The van der Waals surface area contributed by atoms with Gasteiger partial charge in [0.25, 0.3) is 0 Å². The Kier molecular flexibility index (Phi) is 12.3. The average molecular weight is 379 g/mol. The van der Waals surface area contributed by atoms with Crippen LogP contribution < -0.4 is 0 Å². The summed E-state index contributed by atoms with van der Waals surface area (Å²) in [4.78, 5) is 0. The number of hydrogen-bond donors (Lipinski definition) is 0. The van der Waals surface area contributed by atoms with Gasteiger partial charge in [-0.05, 0) is 54.7 Å². The van der Waals surface area contributed by atoms with Gasteiger partial charge in [-0.15, -0.1) is 0 Å². The van der Waals surface area contributed by atoms with Gasteiger partial charge in [-0.3, -0.25) is 0 Å². The van der Waals surface area contributed by atoms with Gasteiger partial charge < -0.3 is 0 Å². The maximum atomic E-state index is 4.29. The molecule has 154 valence electrons. The van der Waals surface area contributed by atoms with Crippen LogP contribution in [0.4, 0.5) is 0 Å². The van der Waals surface area contributed by atoms with Crippen LogP contribution in [0.2, 0.25) is 0 Å². The molecule has 0 aliphatic rings. The molecule has 0 spiro atoms. The van der Waals surface area contributed by atoms with Crippen LogP contribution in [0, 0.1) is 18.8 Å². The summed E-state index contributed by atoms with van der Waals surface area (Å²) >= 11 is 0. The summed E-state index contributed by atoms with van der Waals surface area (Å²) in [5.41, 5.74) is 5.43. The summed E-state index contributed by atoms with van der Waals surface area (Å²) in [5, 5.41) is 0. The zero-order valence-electron chi connectivity index (χ0n) is 19.0. The molecule has 0 unspecified atom stereocenters. The molecule has 0 radical (unpaired) electrons. The number of hydrogen-bond acceptors (Lipinski definition) is 0. The quantitative estimate of drug-likeness (QED) is 0.387. The molecule has 0 fully saturated rings. The van der Waals surface area contributed by atoms with Gasteiger partial charge in [0.2, 0.25) is 0 Å². The lowest BCUT2D eigenvalue weighted by atomic mass is 9.87. The molecule has 0 bridgehead atoms. The lowest BCUT2D eigenvalue weighted by Crippen LogP contribution is -2.02. The lowest BCUT2D eigenvalue weighted by molar-refractivity contribution is 0.522. The standard InChI is InChI=1S/C16H24.C12H18/c1-5-7-15(8-6-2)14(4)16-11-9-13(3)10-12-16;1-3-7-11(2)10-12-8-5-4-6-9-12/h9-12,15H,4-8H2,1-3H3;4-6,8-9,11H,3,7,10H2,1-2H3/t;11-/m.1/s1. The van der Waals surface area contributed by atoms with Crippen molar-refractivity contribution in [2.45, 2.75) is 79.6 Å². The van der Waals surface area contributed by atoms with Crippen molar-refractivity contribution in [2.24, 2.45) is 11.8 Å². The average Bonchev–Trinajstić information content (AvgIpc) is 2.69. The predicted octanol–water partition coefficient (Wildman–Crippen LogP) is 8.89. The fourth-order valence-corrected chi connectivity index (χ4v) is 3.80. The molecule has 0 amide bonds. The van der Waals surface area contributed by atoms with E-state index < -0.39 is 0 Å². The zero-order chi connectivity index (χ0) is 20.8. The highest BCUT2D eigenvalue weighted by molar-refractivity contribution is 5.65. The Balaban J connectivity index is 0.000000292. The van der Waals surface area contributed by atoms with Gasteiger partial charge in [0, 0.05) is 0 Å². The second-order valence-electron chi connectivity index (χ2n) is 8.25. The first-order chi connectivity index (χ1) is 13.5. The Bertz CT molecular complexity index is 629. The molecule has 2 aromatic carbocycles. The van der Waals surface area contributed by atoms with E-state index in [4.69, 9.17) is 0 Å². The minimum absolute atomic E-state index is 0.665. The van der Waals surface area contributed by atoms with Crippen LogP contribution in [0.25, 0.3) is 5.57 Å². The molecule has 2 rings (SSSR count). The zero-order valence-corrected chi connectivity index (χ0v) is 19.0. The van der Waals surface area contributed by atoms with Crippen LogP contribution in [0.15, 0.2) is 61.2 Å². The number of allylic oxidation sites excluding steroid dienone is 1. The Morgan fingerprint density at radius 1 is 0.786 bits per heavy atom. The van der Waals surface area contributed by atoms with E-state index >= 15 is 0 Å². The Hall–Kier alpha value is -1.82. The van der Waals surface area contributed by atoms with Crippen LogP contribution >= 0.6 is 0 Å². The molecule has 0 aliphatic heterocycles. The minimum atomic E-state index is 0.665. The molecule has 2 aromatic rings. The van der Waals surface area contributed by atoms with Crippen LogP contribution in [-0.4, -0.2) is 0 Å². The molecule has 0 nitrogen and oxygen atoms in total. The van der Waals surface area contributed by atoms with E-state index in [1.165, 1.54) is 67.2 Å². The number of rotatable bonds is 10. The van der Waals surface area contributed by atoms with Crippen LogP contribution in [0.5, 0.6) is 0 Å². The van der Waals surface area contributed by atoms with Gasteiger partial charge in [-0.1, -0.05) is 120 Å². The number of aryl methyl sites for hydroxylation is 1. The summed E-state index contributed by atoms with van der Waals surface area (Å²) in [7, 11) is 0. The van der Waals surface area contributed by atoms with Crippen molar-refractivity contribution in [3.63, 3.8) is 0 Å². The summed E-state index contributed by atoms with van der Waals surface area (Å²) in [6.07, 6.45) is 8.89. The summed E-state index contributed by atoms with van der Waals surface area (Å²) in [5.74, 6) is 1.50. The summed E-state index contributed by atoms with van der Waals surface area (Å²) < 4.78 is 0. The van der Waals surface area contributed by atoms with Gasteiger partial charge in [-0.25, -0.2) is 0 Å². The SMILES string of the molecule is C=C(c1ccc(C)cc1)C(CCC)CCC.CCC[C@@H](C)Cc1ccccc1. The van der Waals surface area contributed by atoms with E-state index in [1.54, 1.807) is 0 Å². The van der Waals surface area contributed by atoms with Gasteiger partial charge in [0.15, 0.2) is 0 Å². The highest BCUT2D eigenvalue weighted by Gasteiger charge is 2.12. The number of benzene rings is 2. The van der Waals surface area contributed by atoms with Crippen molar-refractivity contribution in [1.82, 2.24) is 0 Å². The molecule has 0 saturated carbocycles. The van der Waals surface area contributed by atoms with E-state index in [0.29, 0.717) is 5.92 Å². The van der Waals surface area contributed by atoms with Gasteiger partial charge in [0.05, 0.1) is 0 Å². The molecule has 1 atom stereocenters. The first-order valence-corrected chi connectivity index (χ1v) is 11.3. The maximum absolute atomic E-state index is 4.29. The van der Waals surface area contributed by atoms with E-state index in [-0.39, 0.29) is 0 Å². The van der Waals surface area contributed by atoms with Crippen LogP contribution in [-0.2, 0) is 6.42 Å². The largest absolute Gasteiger partial charge is 0.0950 e. The maximum Gasteiger partial charge on any atom is -0.0162 e. The first kappa shape index (κ1) is 24.2. The molecule has 0 aliphatic carbocycles. The smallest absolute Gasteiger partial charge is 0.0162 e. The Morgan fingerprint density at radius 3 is 1.82 bits per heavy atom. The molecular formula is C28H42. The van der Waals surface area contributed by atoms with Crippen molar-refractivity contribution >= 4 is 5.57 Å². The van der Waals surface area contributed by atoms with Crippen molar-refractivity contribution in [3.05, 3.63) is 77.9 Å². The predicted molar refractivity (Wildman–Crippen MR) is 128 cm³/mol. The topological polar surface area (TPSA) is 0 Å². The Morgan fingerprint density at radius 2 is 1.32 bits per heavy atom. The molecule has 0 aromatic heterocycles. The molecule has 0 heterocycles. The monoisotopic (exact) mass is 378 g/mol. The van der Waals surface area contributed by atoms with Crippen molar-refractivity contribution in [1.29, 1.82) is 0 Å². The third kappa shape index (κ3) is 9.40. The third-order valence-corrected chi connectivity index (χ3v) is 5.40. The highest BCUT2D eigenvalue weighted by atomic mass is 14.2. The van der Waals surface area contributed by atoms with Gasteiger partial charge in [-0.2, -0.15) is 0 Å². The second kappa shape index (κ2) is 14.2. The Labute approximate surface area is 175 Å². The van der Waals surface area contributed by atoms with E-state index in [2.05, 4.69) is 95.8 Å². The van der Waals surface area contributed by atoms with Crippen LogP contribution in [0.3, 0.4) is 0 Å². The molecule has 0 saturated heterocycles. The molecular weight excluding hydrogens is 336 g/mol. The van der Waals surface area contributed by atoms with Crippen molar-refractivity contribution in [3.8, 4) is 0 Å². The van der Waals surface area contributed by atoms with Crippen LogP contribution in [0.1, 0.15) is 82.9 Å². The first-order valence-electron chi connectivity index (χ1n) is 11.3. The molecule has 28 heavy (non-hydrogen) atoms. The fourth-order valence-electron chi connectivity index (χ4n) is 3.80. The van der Waals surface area contributed by atoms with E-state index in [0.717, 1.165) is 5.92 Å². The highest BCUT2D eigenvalue weighted by Crippen LogP contribution is 2.29. The molecule has 0 N–H and O–H groups in total. The minimum Gasteiger partial charge on any atom is -0.0950 e. The van der Waals surface area contributed by atoms with Crippen molar-refractivity contribution < 1.29 is 0 Å². The summed E-state index contributed by atoms with van der Waals surface area (Å²) in [6, 6.07) is 19.5. The lowest BCUT2D eigenvalue weighted by Gasteiger charge is -2.18. The molecule has 0 heteroatoms. The summed E-state index contributed by atoms with van der Waals surface area (Å²) in [6.45, 7) is 15.5. The second-order valence-corrected chi connectivity index (χ2v) is 8.25. The third-order valence-electron chi connectivity index (χ3n) is 5.40. The normalized spacial score (nSPS) is 11.6. The van der Waals surface area contributed by atoms with Gasteiger partial charge in [0.1, 0.15) is 0 Å². The van der Waals surface area contributed by atoms with Crippen molar-refractivity contribution in [2.75, 3.05) is 0 Å².